The lowest BCUT2D eigenvalue weighted by atomic mass is 9.99. The maximum atomic E-state index is 6.05. The molecule has 0 radical (unpaired) electrons. The largest absolute Gasteiger partial charge is 0.453 e. The highest BCUT2D eigenvalue weighted by Gasteiger charge is 2.19. The average molecular weight is 251 g/mol. The Bertz CT molecular complexity index is 496. The molecular formula is C13H15ClN2O. The van der Waals surface area contributed by atoms with Gasteiger partial charge in [-0.15, -0.1) is 0 Å². The zero-order valence-corrected chi connectivity index (χ0v) is 10.7. The van der Waals surface area contributed by atoms with Crippen LogP contribution >= 0.6 is 11.6 Å². The second-order valence-electron chi connectivity index (χ2n) is 3.87. The van der Waals surface area contributed by atoms with Gasteiger partial charge in [-0.2, -0.15) is 0 Å². The number of furan rings is 1. The number of hydrogen-bond acceptors (Lipinski definition) is 3. The molecule has 0 aliphatic carbocycles. The van der Waals surface area contributed by atoms with Crippen LogP contribution in [0.4, 0.5) is 0 Å². The highest BCUT2D eigenvalue weighted by Crippen LogP contribution is 2.30. The van der Waals surface area contributed by atoms with Gasteiger partial charge in [0.2, 0.25) is 0 Å². The van der Waals surface area contributed by atoms with E-state index in [9.17, 15) is 0 Å². The van der Waals surface area contributed by atoms with Gasteiger partial charge in [-0.05, 0) is 48.3 Å². The molecular weight excluding hydrogens is 236 g/mol. The molecule has 3 nitrogen and oxygen atoms in total. The smallest absolute Gasteiger partial charge is 0.198 e. The van der Waals surface area contributed by atoms with Gasteiger partial charge in [0.05, 0.1) is 12.3 Å². The van der Waals surface area contributed by atoms with Gasteiger partial charge in [0, 0.05) is 18.0 Å². The van der Waals surface area contributed by atoms with E-state index >= 15 is 0 Å². The predicted octanol–water partition coefficient (Wildman–Crippen LogP) is 3.34. The van der Waals surface area contributed by atoms with Gasteiger partial charge in [0.15, 0.2) is 5.22 Å². The summed E-state index contributed by atoms with van der Waals surface area (Å²) in [4.78, 5) is 4.17. The van der Waals surface area contributed by atoms with Gasteiger partial charge < -0.3 is 9.73 Å². The summed E-state index contributed by atoms with van der Waals surface area (Å²) < 4.78 is 5.16. The van der Waals surface area contributed by atoms with Crippen molar-refractivity contribution >= 4 is 11.6 Å². The summed E-state index contributed by atoms with van der Waals surface area (Å²) in [6.45, 7) is 4.97. The quantitative estimate of drug-likeness (QED) is 0.905. The van der Waals surface area contributed by atoms with Crippen molar-refractivity contribution in [2.75, 3.05) is 6.54 Å². The van der Waals surface area contributed by atoms with Crippen LogP contribution in [0.2, 0.25) is 5.22 Å². The van der Waals surface area contributed by atoms with Crippen LogP contribution in [0.1, 0.15) is 29.7 Å². The van der Waals surface area contributed by atoms with E-state index < -0.39 is 0 Å². The maximum absolute atomic E-state index is 6.05. The molecule has 0 fully saturated rings. The number of halogens is 1. The SMILES string of the molecule is CCNC(c1cnccc1C)c1ccoc1Cl. The van der Waals surface area contributed by atoms with Crippen LogP contribution in [-0.2, 0) is 0 Å². The molecule has 0 aliphatic rings. The molecule has 1 atom stereocenters. The monoisotopic (exact) mass is 250 g/mol. The molecule has 17 heavy (non-hydrogen) atoms. The average Bonchev–Trinajstić information content (AvgIpc) is 2.74. The number of aromatic nitrogens is 1. The fraction of sp³-hybridized carbons (Fsp3) is 0.308. The van der Waals surface area contributed by atoms with E-state index in [0.717, 1.165) is 17.7 Å². The normalized spacial score (nSPS) is 12.6. The number of hydrogen-bond donors (Lipinski definition) is 1. The molecule has 2 heterocycles. The number of rotatable bonds is 4. The van der Waals surface area contributed by atoms with Gasteiger partial charge in [-0.1, -0.05) is 6.92 Å². The van der Waals surface area contributed by atoms with E-state index in [4.69, 9.17) is 16.0 Å². The lowest BCUT2D eigenvalue weighted by Crippen LogP contribution is -2.22. The minimum absolute atomic E-state index is 0.0277. The number of aryl methyl sites for hydroxylation is 1. The van der Waals surface area contributed by atoms with Gasteiger partial charge in [0.25, 0.3) is 0 Å². The lowest BCUT2D eigenvalue weighted by molar-refractivity contribution is 0.554. The van der Waals surface area contributed by atoms with Crippen LogP contribution in [-0.4, -0.2) is 11.5 Å². The van der Waals surface area contributed by atoms with Crippen molar-refractivity contribution in [3.05, 3.63) is 52.7 Å². The molecule has 2 aromatic heterocycles. The first kappa shape index (κ1) is 12.1. The fourth-order valence-corrected chi connectivity index (χ4v) is 2.10. The zero-order valence-electron chi connectivity index (χ0n) is 9.90. The molecule has 1 unspecified atom stereocenters. The zero-order chi connectivity index (χ0) is 12.3. The summed E-state index contributed by atoms with van der Waals surface area (Å²) in [6.07, 6.45) is 5.26. The Labute approximate surface area is 106 Å². The number of nitrogens with zero attached hydrogens (tertiary/aromatic N) is 1. The van der Waals surface area contributed by atoms with E-state index in [2.05, 4.69) is 24.1 Å². The highest BCUT2D eigenvalue weighted by atomic mass is 35.5. The lowest BCUT2D eigenvalue weighted by Gasteiger charge is -2.18. The van der Waals surface area contributed by atoms with Crippen molar-refractivity contribution in [1.29, 1.82) is 0 Å². The molecule has 1 N–H and O–H groups in total. The van der Waals surface area contributed by atoms with Crippen LogP contribution in [0.15, 0.2) is 35.2 Å². The standard InChI is InChI=1S/C13H15ClN2O/c1-3-16-12(10-5-7-17-13(10)14)11-8-15-6-4-9(11)2/h4-8,12,16H,3H2,1-2H3. The molecule has 0 aromatic carbocycles. The molecule has 2 rings (SSSR count). The van der Waals surface area contributed by atoms with Crippen molar-refractivity contribution in [3.63, 3.8) is 0 Å². The second-order valence-corrected chi connectivity index (χ2v) is 4.22. The highest BCUT2D eigenvalue weighted by molar-refractivity contribution is 6.29. The van der Waals surface area contributed by atoms with Crippen LogP contribution in [0.3, 0.4) is 0 Å². The summed E-state index contributed by atoms with van der Waals surface area (Å²) in [5.74, 6) is 0. The third-order valence-corrected chi connectivity index (χ3v) is 3.06. The van der Waals surface area contributed by atoms with E-state index in [0.29, 0.717) is 5.22 Å². The maximum Gasteiger partial charge on any atom is 0.198 e. The molecule has 90 valence electrons. The van der Waals surface area contributed by atoms with E-state index in [1.807, 2.05) is 18.3 Å². The summed E-state index contributed by atoms with van der Waals surface area (Å²) in [7, 11) is 0. The van der Waals surface area contributed by atoms with E-state index in [-0.39, 0.29) is 6.04 Å². The van der Waals surface area contributed by atoms with Crippen molar-refractivity contribution in [3.8, 4) is 0 Å². The first-order valence-corrected chi connectivity index (χ1v) is 5.98. The van der Waals surface area contributed by atoms with Crippen molar-refractivity contribution in [1.82, 2.24) is 10.3 Å². The van der Waals surface area contributed by atoms with Crippen molar-refractivity contribution < 1.29 is 4.42 Å². The molecule has 0 spiro atoms. The Balaban J connectivity index is 2.43. The minimum Gasteiger partial charge on any atom is -0.453 e. The fourth-order valence-electron chi connectivity index (χ4n) is 1.88. The Morgan fingerprint density at radius 1 is 1.41 bits per heavy atom. The van der Waals surface area contributed by atoms with Crippen LogP contribution in [0.25, 0.3) is 0 Å². The first-order chi connectivity index (χ1) is 8.24. The van der Waals surface area contributed by atoms with E-state index in [1.54, 1.807) is 12.5 Å². The molecule has 4 heteroatoms. The van der Waals surface area contributed by atoms with Crippen LogP contribution in [0, 0.1) is 6.92 Å². The molecule has 0 bridgehead atoms. The van der Waals surface area contributed by atoms with Gasteiger partial charge >= 0.3 is 0 Å². The molecule has 0 saturated heterocycles. The molecule has 2 aromatic rings. The van der Waals surface area contributed by atoms with Gasteiger partial charge in [-0.25, -0.2) is 0 Å². The molecule has 0 amide bonds. The van der Waals surface area contributed by atoms with E-state index in [1.165, 1.54) is 5.56 Å². The molecule has 0 aliphatic heterocycles. The predicted molar refractivity (Wildman–Crippen MR) is 68.2 cm³/mol. The Morgan fingerprint density at radius 2 is 2.24 bits per heavy atom. The van der Waals surface area contributed by atoms with Crippen LogP contribution in [0.5, 0.6) is 0 Å². The Morgan fingerprint density at radius 3 is 2.82 bits per heavy atom. The van der Waals surface area contributed by atoms with Gasteiger partial charge in [-0.3, -0.25) is 4.98 Å². The Hall–Kier alpha value is -1.32. The van der Waals surface area contributed by atoms with Crippen molar-refractivity contribution in [2.24, 2.45) is 0 Å². The Kier molecular flexibility index (Phi) is 3.82. The third-order valence-electron chi connectivity index (χ3n) is 2.76. The summed E-state index contributed by atoms with van der Waals surface area (Å²) in [6, 6.07) is 3.91. The topological polar surface area (TPSA) is 38.1 Å². The summed E-state index contributed by atoms with van der Waals surface area (Å²) in [5.41, 5.74) is 3.26. The third kappa shape index (κ3) is 2.51. The van der Waals surface area contributed by atoms with Crippen LogP contribution < -0.4 is 5.32 Å². The van der Waals surface area contributed by atoms with Crippen molar-refractivity contribution in [2.45, 2.75) is 19.9 Å². The summed E-state index contributed by atoms with van der Waals surface area (Å²) in [5, 5.41) is 3.83. The van der Waals surface area contributed by atoms with Gasteiger partial charge in [0.1, 0.15) is 0 Å². The first-order valence-electron chi connectivity index (χ1n) is 5.60. The second kappa shape index (κ2) is 5.34. The summed E-state index contributed by atoms with van der Waals surface area (Å²) >= 11 is 6.05. The number of nitrogens with one attached hydrogen (secondary N) is 1. The number of pyridine rings is 1. The minimum atomic E-state index is 0.0277. The molecule has 0 saturated carbocycles.